The first-order valence-corrected chi connectivity index (χ1v) is 17.6. The van der Waals surface area contributed by atoms with E-state index in [1.165, 1.54) is 12.1 Å². The van der Waals surface area contributed by atoms with E-state index < -0.39 is 16.1 Å². The number of aromatic nitrogens is 3. The van der Waals surface area contributed by atoms with Gasteiger partial charge in [-0.1, -0.05) is 71.9 Å². The number of hydrogen-bond acceptors (Lipinski definition) is 8. The predicted molar refractivity (Wildman–Crippen MR) is 187 cm³/mol. The third-order valence-electron chi connectivity index (χ3n) is 7.80. The van der Waals surface area contributed by atoms with Gasteiger partial charge in [-0.05, 0) is 66.5 Å². The number of carbonyl (C=O) groups is 1. The maximum atomic E-state index is 14.4. The van der Waals surface area contributed by atoms with Crippen LogP contribution in [0.3, 0.4) is 0 Å². The smallest absolute Gasteiger partial charge is 0.264 e. The van der Waals surface area contributed by atoms with Gasteiger partial charge < -0.3 is 14.4 Å². The average molecular weight is 672 g/mol. The minimum atomic E-state index is -4.17. The Kier molecular flexibility index (Phi) is 9.82. The van der Waals surface area contributed by atoms with Gasteiger partial charge in [0.2, 0.25) is 17.7 Å². The zero-order chi connectivity index (χ0) is 34.9. The number of nitrogens with zero attached hydrogens (tertiary/aromatic N) is 4. The first kappa shape index (κ1) is 34.8. The third kappa shape index (κ3) is 8.69. The highest BCUT2D eigenvalue weighted by Gasteiger charge is 2.32. The summed E-state index contributed by atoms with van der Waals surface area (Å²) in [6.07, 6.45) is 0.580. The molecule has 0 saturated carbocycles. The van der Waals surface area contributed by atoms with E-state index in [-0.39, 0.29) is 52.2 Å². The second kappa shape index (κ2) is 13.5. The number of nitrogens with one attached hydrogen (secondary N) is 1. The second-order valence-electron chi connectivity index (χ2n) is 14.8. The van der Waals surface area contributed by atoms with Crippen LogP contribution in [0.5, 0.6) is 11.8 Å². The minimum absolute atomic E-state index is 0.0582. The monoisotopic (exact) mass is 671 g/mol. The van der Waals surface area contributed by atoms with Crippen LogP contribution in [-0.2, 0) is 16.6 Å². The van der Waals surface area contributed by atoms with E-state index in [4.69, 9.17) is 14.5 Å². The van der Waals surface area contributed by atoms with Crippen LogP contribution in [0.25, 0.3) is 11.3 Å². The van der Waals surface area contributed by atoms with Crippen LogP contribution in [0.4, 0.5) is 5.95 Å². The molecule has 11 heteroatoms. The van der Waals surface area contributed by atoms with E-state index in [9.17, 15) is 13.2 Å². The van der Waals surface area contributed by atoms with Crippen molar-refractivity contribution in [1.82, 2.24) is 19.9 Å². The molecular weight excluding hydrogens is 627 g/mol. The van der Waals surface area contributed by atoms with Crippen molar-refractivity contribution in [2.45, 2.75) is 79.3 Å². The molecule has 2 aromatic heterocycles. The Morgan fingerprint density at radius 3 is 2.27 bits per heavy atom. The number of pyridine rings is 1. The summed E-state index contributed by atoms with van der Waals surface area (Å²) in [5.74, 6) is 0.187. The molecule has 3 heterocycles. The quantitative estimate of drug-likeness (QED) is 0.228. The average Bonchev–Trinajstić information content (AvgIpc) is 2.99. The maximum absolute atomic E-state index is 14.4. The van der Waals surface area contributed by atoms with E-state index in [1.807, 2.05) is 44.2 Å². The number of ether oxygens (including phenoxy) is 2. The number of fused-ring (bicyclic) bond motifs is 4. The van der Waals surface area contributed by atoms with Crippen LogP contribution in [0, 0.1) is 24.7 Å². The fraction of sp³-hybridized carbons (Fsp3) is 0.405. The van der Waals surface area contributed by atoms with E-state index in [0.717, 1.165) is 16.7 Å². The predicted octanol–water partition coefficient (Wildman–Crippen LogP) is 7.22. The van der Waals surface area contributed by atoms with Crippen molar-refractivity contribution in [3.05, 3.63) is 89.1 Å². The fourth-order valence-electron chi connectivity index (χ4n) is 5.64. The molecule has 0 radical (unpaired) electrons. The molecule has 254 valence electrons. The molecule has 48 heavy (non-hydrogen) atoms. The van der Waals surface area contributed by atoms with E-state index in [0.29, 0.717) is 30.3 Å². The number of sulfonamides is 1. The van der Waals surface area contributed by atoms with E-state index >= 15 is 0 Å². The number of aryl methyl sites for hydroxylation is 2. The number of amides is 1. The van der Waals surface area contributed by atoms with Crippen molar-refractivity contribution in [2.75, 3.05) is 17.9 Å². The summed E-state index contributed by atoms with van der Waals surface area (Å²) >= 11 is 0. The van der Waals surface area contributed by atoms with Gasteiger partial charge in [-0.2, -0.15) is 4.98 Å². The topological polar surface area (TPSA) is 124 Å². The van der Waals surface area contributed by atoms with Crippen LogP contribution in [-0.4, -0.2) is 53.4 Å². The van der Waals surface area contributed by atoms with Crippen molar-refractivity contribution >= 4 is 21.9 Å². The molecule has 2 aromatic carbocycles. The SMILES string of the molecule is Cc1cccc(C)c1-c1cc2nc(n1)NS(=O)(=O)c1cccc(c1)C(=O)N(Cc1cccc(OCC(C)(C)C)n1)[C@H](CC(C)(C)C)CO2. The lowest BCUT2D eigenvalue weighted by molar-refractivity contribution is 0.0508. The Morgan fingerprint density at radius 1 is 0.896 bits per heavy atom. The Hall–Kier alpha value is -4.51. The minimum Gasteiger partial charge on any atom is -0.477 e. The van der Waals surface area contributed by atoms with Crippen LogP contribution in [0.15, 0.2) is 71.6 Å². The summed E-state index contributed by atoms with van der Waals surface area (Å²) in [7, 11) is -4.17. The van der Waals surface area contributed by atoms with Crippen LogP contribution in [0.1, 0.15) is 75.1 Å². The molecule has 0 spiro atoms. The van der Waals surface area contributed by atoms with E-state index in [2.05, 4.69) is 56.2 Å². The van der Waals surface area contributed by atoms with Gasteiger partial charge in [-0.3, -0.25) is 4.79 Å². The molecular formula is C37H45N5O5S. The highest BCUT2D eigenvalue weighted by molar-refractivity contribution is 7.92. The first-order valence-electron chi connectivity index (χ1n) is 16.1. The van der Waals surface area contributed by atoms with Crippen molar-refractivity contribution in [2.24, 2.45) is 10.8 Å². The summed E-state index contributed by atoms with van der Waals surface area (Å²) < 4.78 is 42.2. The van der Waals surface area contributed by atoms with Crippen molar-refractivity contribution in [1.29, 1.82) is 0 Å². The molecule has 1 N–H and O–H groups in total. The number of anilines is 1. The van der Waals surface area contributed by atoms with Crippen molar-refractivity contribution in [3.63, 3.8) is 0 Å². The summed E-state index contributed by atoms with van der Waals surface area (Å²) in [5, 5.41) is 0. The standard InChI is InChI=1S/C37H45N5O5S/c1-24-12-9-13-25(2)33(24)30-19-32-40-35(39-30)41-48(44,45)29-16-10-14-26(18-29)34(43)42(28(22-46-32)20-36(3,4)5)21-27-15-11-17-31(38-27)47-23-37(6,7)8/h9-19,28H,20-23H2,1-8H3,(H,39,40,41)/t28-/m1/s1. The zero-order valence-electron chi connectivity index (χ0n) is 29.0. The molecule has 1 aliphatic heterocycles. The lowest BCUT2D eigenvalue weighted by Gasteiger charge is -2.35. The number of benzene rings is 2. The summed E-state index contributed by atoms with van der Waals surface area (Å²) in [4.78, 5) is 29.9. The van der Waals surface area contributed by atoms with Gasteiger partial charge in [0.1, 0.15) is 6.61 Å². The molecule has 10 nitrogen and oxygen atoms in total. The number of carbonyl (C=O) groups excluding carboxylic acids is 1. The van der Waals surface area contributed by atoms with Crippen LogP contribution < -0.4 is 14.2 Å². The lowest BCUT2D eigenvalue weighted by atomic mass is 9.87. The second-order valence-corrected chi connectivity index (χ2v) is 16.5. The summed E-state index contributed by atoms with van der Waals surface area (Å²) in [6.45, 7) is 17.2. The molecule has 4 bridgehead atoms. The van der Waals surface area contributed by atoms with Crippen LogP contribution >= 0.6 is 0 Å². The van der Waals surface area contributed by atoms with Gasteiger partial charge in [-0.25, -0.2) is 23.1 Å². The van der Waals surface area contributed by atoms with Gasteiger partial charge in [0.05, 0.1) is 35.5 Å². The molecule has 4 aromatic rings. The van der Waals surface area contributed by atoms with Gasteiger partial charge in [0.25, 0.3) is 15.9 Å². The Bertz CT molecular complexity index is 1890. The Balaban J connectivity index is 1.63. The van der Waals surface area contributed by atoms with Crippen LogP contribution in [0.2, 0.25) is 0 Å². The zero-order valence-corrected chi connectivity index (χ0v) is 29.8. The molecule has 1 atom stereocenters. The van der Waals surface area contributed by atoms with E-state index in [1.54, 1.807) is 29.2 Å². The normalized spacial score (nSPS) is 16.5. The molecule has 0 aliphatic carbocycles. The molecule has 0 saturated heterocycles. The molecule has 0 fully saturated rings. The fourth-order valence-corrected chi connectivity index (χ4v) is 6.63. The van der Waals surface area contributed by atoms with Crippen molar-refractivity contribution in [3.8, 4) is 23.0 Å². The van der Waals surface area contributed by atoms with Crippen molar-refractivity contribution < 1.29 is 22.7 Å². The van der Waals surface area contributed by atoms with Gasteiger partial charge >= 0.3 is 0 Å². The van der Waals surface area contributed by atoms with Gasteiger partial charge in [-0.15, -0.1) is 0 Å². The largest absolute Gasteiger partial charge is 0.477 e. The van der Waals surface area contributed by atoms with Gasteiger partial charge in [0.15, 0.2) is 0 Å². The number of hydrogen-bond donors (Lipinski definition) is 1. The molecule has 0 unspecified atom stereocenters. The highest BCUT2D eigenvalue weighted by atomic mass is 32.2. The molecule has 1 amide bonds. The first-order chi connectivity index (χ1) is 22.5. The summed E-state index contributed by atoms with van der Waals surface area (Å²) in [5.41, 5.74) is 3.93. The Labute approximate surface area is 284 Å². The summed E-state index contributed by atoms with van der Waals surface area (Å²) in [6, 6.07) is 18.7. The number of rotatable bonds is 6. The lowest BCUT2D eigenvalue weighted by Crippen LogP contribution is -2.45. The third-order valence-corrected chi connectivity index (χ3v) is 9.12. The van der Waals surface area contributed by atoms with Gasteiger partial charge in [0, 0.05) is 23.3 Å². The molecule has 1 aliphatic rings. The highest BCUT2D eigenvalue weighted by Crippen LogP contribution is 2.32. The Morgan fingerprint density at radius 2 is 1.58 bits per heavy atom. The maximum Gasteiger partial charge on any atom is 0.264 e. The molecule has 5 rings (SSSR count).